The Kier molecular flexibility index (Phi) is 2.73. The van der Waals surface area contributed by atoms with E-state index in [0.29, 0.717) is 13.1 Å². The number of carbonyl (C=O) groups excluding carboxylic acids is 1. The van der Waals surface area contributed by atoms with Crippen molar-refractivity contribution in [1.82, 2.24) is 4.90 Å². The van der Waals surface area contributed by atoms with E-state index in [9.17, 15) is 9.18 Å². The van der Waals surface area contributed by atoms with Crippen LogP contribution in [0.2, 0.25) is 0 Å². The fourth-order valence-electron chi connectivity index (χ4n) is 2.67. The van der Waals surface area contributed by atoms with Gasteiger partial charge in [0.1, 0.15) is 5.67 Å². The summed E-state index contributed by atoms with van der Waals surface area (Å²) in [5.41, 5.74) is -1.13. The number of amides is 1. The molecule has 0 bridgehead atoms. The molecule has 3 heteroatoms. The minimum absolute atomic E-state index is 0.178. The van der Waals surface area contributed by atoms with Gasteiger partial charge in [-0.25, -0.2) is 4.39 Å². The van der Waals surface area contributed by atoms with E-state index in [2.05, 4.69) is 6.92 Å². The van der Waals surface area contributed by atoms with Gasteiger partial charge >= 0.3 is 0 Å². The predicted molar refractivity (Wildman–Crippen MR) is 57.2 cm³/mol. The first-order valence-electron chi connectivity index (χ1n) is 5.96. The largest absolute Gasteiger partial charge is 0.336 e. The Morgan fingerprint density at radius 3 is 2.27 bits per heavy atom. The van der Waals surface area contributed by atoms with E-state index in [0.717, 1.165) is 31.6 Å². The van der Waals surface area contributed by atoms with Crippen LogP contribution in [0.4, 0.5) is 4.39 Å². The SMILES string of the molecule is CC1(F)CN(C(=O)[C@H]2CC[C@@H](C)CC2)C1. The smallest absolute Gasteiger partial charge is 0.225 e. The van der Waals surface area contributed by atoms with E-state index in [4.69, 9.17) is 0 Å². The lowest BCUT2D eigenvalue weighted by atomic mass is 9.81. The van der Waals surface area contributed by atoms with Gasteiger partial charge in [0.25, 0.3) is 0 Å². The van der Waals surface area contributed by atoms with Crippen LogP contribution in [0.5, 0.6) is 0 Å². The molecule has 0 N–H and O–H groups in total. The van der Waals surface area contributed by atoms with Gasteiger partial charge in [-0.1, -0.05) is 6.92 Å². The second-order valence-electron chi connectivity index (χ2n) is 5.56. The van der Waals surface area contributed by atoms with E-state index in [1.165, 1.54) is 0 Å². The maximum atomic E-state index is 13.3. The Labute approximate surface area is 90.8 Å². The van der Waals surface area contributed by atoms with Crippen LogP contribution in [0.3, 0.4) is 0 Å². The quantitative estimate of drug-likeness (QED) is 0.655. The fraction of sp³-hybridized carbons (Fsp3) is 0.917. The second kappa shape index (κ2) is 3.76. The first-order valence-corrected chi connectivity index (χ1v) is 5.96. The van der Waals surface area contributed by atoms with Crippen molar-refractivity contribution >= 4 is 5.91 Å². The maximum Gasteiger partial charge on any atom is 0.225 e. The summed E-state index contributed by atoms with van der Waals surface area (Å²) in [7, 11) is 0. The molecule has 2 aliphatic rings. The normalized spacial score (nSPS) is 34.7. The van der Waals surface area contributed by atoms with Gasteiger partial charge in [0.05, 0.1) is 13.1 Å². The second-order valence-corrected chi connectivity index (χ2v) is 5.56. The molecule has 0 aromatic heterocycles. The van der Waals surface area contributed by atoms with Crippen LogP contribution < -0.4 is 0 Å². The molecule has 2 nitrogen and oxygen atoms in total. The lowest BCUT2D eigenvalue weighted by molar-refractivity contribution is -0.149. The van der Waals surface area contributed by atoms with E-state index in [-0.39, 0.29) is 11.8 Å². The number of hydrogen-bond donors (Lipinski definition) is 0. The third-order valence-electron chi connectivity index (χ3n) is 3.72. The van der Waals surface area contributed by atoms with Crippen molar-refractivity contribution in [2.75, 3.05) is 13.1 Å². The lowest BCUT2D eigenvalue weighted by Crippen LogP contribution is -2.60. The number of hydrogen-bond acceptors (Lipinski definition) is 1. The monoisotopic (exact) mass is 213 g/mol. The average Bonchev–Trinajstić information content (AvgIpc) is 2.14. The highest BCUT2D eigenvalue weighted by molar-refractivity contribution is 5.80. The van der Waals surface area contributed by atoms with Crippen LogP contribution in [-0.2, 0) is 4.79 Å². The minimum Gasteiger partial charge on any atom is -0.336 e. The zero-order valence-electron chi connectivity index (χ0n) is 9.63. The summed E-state index contributed by atoms with van der Waals surface area (Å²) in [6.07, 6.45) is 4.30. The van der Waals surface area contributed by atoms with Gasteiger partial charge in [0.15, 0.2) is 0 Å². The van der Waals surface area contributed by atoms with Crippen molar-refractivity contribution in [3.05, 3.63) is 0 Å². The van der Waals surface area contributed by atoms with Crippen molar-refractivity contribution in [2.24, 2.45) is 11.8 Å². The zero-order valence-corrected chi connectivity index (χ0v) is 9.63. The molecule has 15 heavy (non-hydrogen) atoms. The highest BCUT2D eigenvalue weighted by Crippen LogP contribution is 2.33. The summed E-state index contributed by atoms with van der Waals surface area (Å²) >= 11 is 0. The Morgan fingerprint density at radius 1 is 1.27 bits per heavy atom. The highest BCUT2D eigenvalue weighted by Gasteiger charge is 2.43. The molecule has 1 heterocycles. The lowest BCUT2D eigenvalue weighted by Gasteiger charge is -2.44. The van der Waals surface area contributed by atoms with Gasteiger partial charge in [-0.3, -0.25) is 4.79 Å². The first kappa shape index (κ1) is 10.9. The summed E-state index contributed by atoms with van der Waals surface area (Å²) < 4.78 is 13.3. The van der Waals surface area contributed by atoms with E-state index >= 15 is 0 Å². The van der Waals surface area contributed by atoms with Crippen molar-refractivity contribution in [1.29, 1.82) is 0 Å². The molecule has 0 unspecified atom stereocenters. The maximum absolute atomic E-state index is 13.3. The molecular formula is C12H20FNO. The summed E-state index contributed by atoms with van der Waals surface area (Å²) in [4.78, 5) is 13.6. The molecule has 1 saturated carbocycles. The van der Waals surface area contributed by atoms with Crippen LogP contribution in [0.15, 0.2) is 0 Å². The number of alkyl halides is 1. The molecule has 0 aromatic carbocycles. The summed E-state index contributed by atoms with van der Waals surface area (Å²) in [5, 5.41) is 0. The molecule has 1 aliphatic carbocycles. The molecule has 2 fully saturated rings. The Hall–Kier alpha value is -0.600. The summed E-state index contributed by atoms with van der Waals surface area (Å²) in [6, 6.07) is 0. The van der Waals surface area contributed by atoms with Gasteiger partial charge in [0, 0.05) is 5.92 Å². The van der Waals surface area contributed by atoms with Crippen LogP contribution in [0, 0.1) is 11.8 Å². The standard InChI is InChI=1S/C12H20FNO/c1-9-3-5-10(6-4-9)11(15)14-7-12(2,13)8-14/h9-10H,3-8H2,1-2H3/t9-,10+. The van der Waals surface area contributed by atoms with Gasteiger partial charge < -0.3 is 4.90 Å². The molecule has 0 spiro atoms. The number of carbonyl (C=O) groups is 1. The molecule has 1 aliphatic heterocycles. The number of rotatable bonds is 1. The van der Waals surface area contributed by atoms with Gasteiger partial charge in [-0.2, -0.15) is 0 Å². The van der Waals surface area contributed by atoms with Crippen LogP contribution in [0.1, 0.15) is 39.5 Å². The molecule has 0 atom stereocenters. The first-order chi connectivity index (χ1) is 6.98. The van der Waals surface area contributed by atoms with Crippen molar-refractivity contribution in [2.45, 2.75) is 45.2 Å². The molecule has 1 saturated heterocycles. The third kappa shape index (κ3) is 2.32. The van der Waals surface area contributed by atoms with Crippen LogP contribution in [-0.4, -0.2) is 29.6 Å². The van der Waals surface area contributed by atoms with Gasteiger partial charge in [0.2, 0.25) is 5.91 Å². The zero-order chi connectivity index (χ0) is 11.1. The molecule has 0 aromatic rings. The summed E-state index contributed by atoms with van der Waals surface area (Å²) in [6.45, 7) is 4.42. The number of halogens is 1. The van der Waals surface area contributed by atoms with Crippen LogP contribution in [0.25, 0.3) is 0 Å². The highest BCUT2D eigenvalue weighted by atomic mass is 19.1. The van der Waals surface area contributed by atoms with Crippen molar-refractivity contribution in [3.63, 3.8) is 0 Å². The Bertz CT molecular complexity index is 248. The van der Waals surface area contributed by atoms with E-state index in [1.54, 1.807) is 11.8 Å². The Morgan fingerprint density at radius 2 is 1.80 bits per heavy atom. The van der Waals surface area contributed by atoms with Crippen molar-refractivity contribution in [3.8, 4) is 0 Å². The van der Waals surface area contributed by atoms with Crippen molar-refractivity contribution < 1.29 is 9.18 Å². The molecule has 86 valence electrons. The van der Waals surface area contributed by atoms with E-state index < -0.39 is 5.67 Å². The third-order valence-corrected chi connectivity index (χ3v) is 3.72. The van der Waals surface area contributed by atoms with E-state index in [1.807, 2.05) is 0 Å². The fourth-order valence-corrected chi connectivity index (χ4v) is 2.67. The number of likely N-dealkylation sites (tertiary alicyclic amines) is 1. The molecule has 0 radical (unpaired) electrons. The molecule has 1 amide bonds. The predicted octanol–water partition coefficient (Wildman–Crippen LogP) is 2.38. The average molecular weight is 213 g/mol. The topological polar surface area (TPSA) is 20.3 Å². The Balaban J connectivity index is 1.82. The van der Waals surface area contributed by atoms with Gasteiger partial charge in [-0.15, -0.1) is 0 Å². The minimum atomic E-state index is -1.13. The summed E-state index contributed by atoms with van der Waals surface area (Å²) in [5.74, 6) is 1.13. The van der Waals surface area contributed by atoms with Crippen LogP contribution >= 0.6 is 0 Å². The van der Waals surface area contributed by atoms with Gasteiger partial charge in [-0.05, 0) is 38.5 Å². The number of nitrogens with zero attached hydrogens (tertiary/aromatic N) is 1. The molecule has 2 rings (SSSR count). The molecular weight excluding hydrogens is 193 g/mol.